The fourth-order valence-corrected chi connectivity index (χ4v) is 3.60. The summed E-state index contributed by atoms with van der Waals surface area (Å²) in [6.07, 6.45) is 0.0524. The number of carbonyl (C=O) groups excluding carboxylic acids is 3. The Balaban J connectivity index is 1.56. The first-order chi connectivity index (χ1) is 13.7. The average Bonchev–Trinajstić information content (AvgIpc) is 3.05. The number of nitrogens with one attached hydrogen (secondary N) is 1. The van der Waals surface area contributed by atoms with Gasteiger partial charge in [-0.1, -0.05) is 35.3 Å². The van der Waals surface area contributed by atoms with Crippen molar-refractivity contribution >= 4 is 52.4 Å². The summed E-state index contributed by atoms with van der Waals surface area (Å²) < 4.78 is 5.11. The first-order valence-corrected chi connectivity index (χ1v) is 9.79. The Morgan fingerprint density at radius 3 is 2.66 bits per heavy atom. The van der Waals surface area contributed by atoms with Crippen LogP contribution in [-0.4, -0.2) is 30.9 Å². The number of amides is 2. The molecule has 1 fully saturated rings. The molecule has 152 valence electrons. The van der Waals surface area contributed by atoms with Crippen LogP contribution in [0.5, 0.6) is 0 Å². The van der Waals surface area contributed by atoms with Gasteiger partial charge in [-0.15, -0.1) is 0 Å². The molecule has 1 saturated heterocycles. The molecule has 0 bridgehead atoms. The van der Waals surface area contributed by atoms with Crippen molar-refractivity contribution in [2.45, 2.75) is 20.3 Å². The van der Waals surface area contributed by atoms with Crippen LogP contribution < -0.4 is 10.2 Å². The third-order valence-electron chi connectivity index (χ3n) is 4.66. The molecule has 2 aromatic rings. The molecule has 0 aliphatic carbocycles. The summed E-state index contributed by atoms with van der Waals surface area (Å²) >= 11 is 11.8. The maximum Gasteiger partial charge on any atom is 0.311 e. The zero-order valence-corrected chi connectivity index (χ0v) is 17.5. The lowest BCUT2D eigenvalue weighted by Gasteiger charge is -2.19. The highest BCUT2D eigenvalue weighted by atomic mass is 35.5. The van der Waals surface area contributed by atoms with E-state index in [1.807, 2.05) is 32.0 Å². The van der Waals surface area contributed by atoms with Gasteiger partial charge in [0.1, 0.15) is 0 Å². The lowest BCUT2D eigenvalue weighted by Crippen LogP contribution is -2.28. The second-order valence-electron chi connectivity index (χ2n) is 6.98. The van der Waals surface area contributed by atoms with Gasteiger partial charge in [0, 0.05) is 23.7 Å². The molecule has 1 atom stereocenters. The van der Waals surface area contributed by atoms with E-state index in [1.165, 1.54) is 6.07 Å². The van der Waals surface area contributed by atoms with Crippen molar-refractivity contribution in [1.82, 2.24) is 0 Å². The van der Waals surface area contributed by atoms with E-state index >= 15 is 0 Å². The Hall–Kier alpha value is -2.57. The SMILES string of the molecule is Cc1ccc(C)c(N2C[C@@H](C(=O)OCC(=O)Nc3ccc(Cl)cc3Cl)CC2=O)c1. The molecule has 0 spiro atoms. The summed E-state index contributed by atoms with van der Waals surface area (Å²) in [5.41, 5.74) is 3.15. The Kier molecular flexibility index (Phi) is 6.45. The summed E-state index contributed by atoms with van der Waals surface area (Å²) in [6, 6.07) is 10.5. The van der Waals surface area contributed by atoms with E-state index in [-0.39, 0.29) is 23.9 Å². The molecule has 0 radical (unpaired) electrons. The van der Waals surface area contributed by atoms with Gasteiger partial charge in [-0.05, 0) is 49.2 Å². The fraction of sp³-hybridized carbons (Fsp3) is 0.286. The zero-order chi connectivity index (χ0) is 21.1. The van der Waals surface area contributed by atoms with Crippen molar-refractivity contribution in [3.8, 4) is 0 Å². The van der Waals surface area contributed by atoms with Gasteiger partial charge in [-0.2, -0.15) is 0 Å². The van der Waals surface area contributed by atoms with E-state index in [0.29, 0.717) is 10.7 Å². The van der Waals surface area contributed by atoms with Crippen molar-refractivity contribution in [2.24, 2.45) is 5.92 Å². The van der Waals surface area contributed by atoms with E-state index in [1.54, 1.807) is 17.0 Å². The molecule has 2 aromatic carbocycles. The van der Waals surface area contributed by atoms with Crippen molar-refractivity contribution in [3.63, 3.8) is 0 Å². The van der Waals surface area contributed by atoms with Crippen molar-refractivity contribution in [2.75, 3.05) is 23.4 Å². The number of hydrogen-bond acceptors (Lipinski definition) is 4. The standard InChI is InChI=1S/C21H20Cl2N2O4/c1-12-3-4-13(2)18(7-12)25-10-14(8-20(25)27)21(28)29-11-19(26)24-17-6-5-15(22)9-16(17)23/h3-7,9,14H,8,10-11H2,1-2H3,(H,24,26)/t14-/m0/s1. The highest BCUT2D eigenvalue weighted by Gasteiger charge is 2.36. The molecular formula is C21H20Cl2N2O4. The van der Waals surface area contributed by atoms with Gasteiger partial charge in [0.15, 0.2) is 6.61 Å². The second kappa shape index (κ2) is 8.84. The molecule has 29 heavy (non-hydrogen) atoms. The number of hydrogen-bond donors (Lipinski definition) is 1. The molecule has 8 heteroatoms. The highest BCUT2D eigenvalue weighted by Crippen LogP contribution is 2.29. The second-order valence-corrected chi connectivity index (χ2v) is 7.82. The molecule has 1 heterocycles. The normalized spacial score (nSPS) is 16.1. The maximum atomic E-state index is 12.4. The van der Waals surface area contributed by atoms with Gasteiger partial charge >= 0.3 is 5.97 Å². The van der Waals surface area contributed by atoms with Gasteiger partial charge in [-0.25, -0.2) is 0 Å². The number of ether oxygens (including phenoxy) is 1. The Morgan fingerprint density at radius 1 is 1.17 bits per heavy atom. The molecule has 0 saturated carbocycles. The van der Waals surface area contributed by atoms with Crippen LogP contribution in [0.4, 0.5) is 11.4 Å². The number of rotatable bonds is 5. The average molecular weight is 435 g/mol. The van der Waals surface area contributed by atoms with Gasteiger partial charge < -0.3 is 15.0 Å². The highest BCUT2D eigenvalue weighted by molar-refractivity contribution is 6.36. The van der Waals surface area contributed by atoms with E-state index < -0.39 is 24.4 Å². The summed E-state index contributed by atoms with van der Waals surface area (Å²) in [5, 5.41) is 3.28. The Morgan fingerprint density at radius 2 is 1.93 bits per heavy atom. The van der Waals surface area contributed by atoms with E-state index in [2.05, 4.69) is 5.32 Å². The van der Waals surface area contributed by atoms with Crippen molar-refractivity contribution < 1.29 is 19.1 Å². The molecule has 1 N–H and O–H groups in total. The Bertz CT molecular complexity index is 977. The molecule has 2 amide bonds. The third kappa shape index (κ3) is 5.08. The van der Waals surface area contributed by atoms with Crippen LogP contribution in [0.1, 0.15) is 17.5 Å². The number of anilines is 2. The van der Waals surface area contributed by atoms with Crippen LogP contribution in [-0.2, 0) is 19.1 Å². The topological polar surface area (TPSA) is 75.7 Å². The van der Waals surface area contributed by atoms with Crippen LogP contribution >= 0.6 is 23.2 Å². The molecule has 0 aromatic heterocycles. The summed E-state index contributed by atoms with van der Waals surface area (Å²) in [5.74, 6) is -1.87. The van der Waals surface area contributed by atoms with Gasteiger partial charge in [-0.3, -0.25) is 14.4 Å². The number of benzene rings is 2. The largest absolute Gasteiger partial charge is 0.455 e. The molecule has 1 aliphatic heterocycles. The van der Waals surface area contributed by atoms with Gasteiger partial charge in [0.2, 0.25) is 5.91 Å². The van der Waals surface area contributed by atoms with Crippen LogP contribution in [0.2, 0.25) is 10.0 Å². The summed E-state index contributed by atoms with van der Waals surface area (Å²) in [6.45, 7) is 3.62. The first kappa shape index (κ1) is 21.1. The lowest BCUT2D eigenvalue weighted by molar-refractivity contribution is -0.151. The lowest BCUT2D eigenvalue weighted by atomic mass is 10.1. The zero-order valence-electron chi connectivity index (χ0n) is 16.0. The number of halogens is 2. The van der Waals surface area contributed by atoms with Crippen molar-refractivity contribution in [3.05, 3.63) is 57.6 Å². The molecule has 1 aliphatic rings. The molecule has 3 rings (SSSR count). The van der Waals surface area contributed by atoms with Crippen LogP contribution in [0, 0.1) is 19.8 Å². The van der Waals surface area contributed by atoms with E-state index in [0.717, 1.165) is 16.8 Å². The number of carbonyl (C=O) groups is 3. The smallest absolute Gasteiger partial charge is 0.311 e. The molecular weight excluding hydrogens is 415 g/mol. The molecule has 6 nitrogen and oxygen atoms in total. The predicted molar refractivity (Wildman–Crippen MR) is 112 cm³/mol. The van der Waals surface area contributed by atoms with Crippen LogP contribution in [0.25, 0.3) is 0 Å². The third-order valence-corrected chi connectivity index (χ3v) is 5.21. The minimum Gasteiger partial charge on any atom is -0.455 e. The number of esters is 1. The monoisotopic (exact) mass is 434 g/mol. The summed E-state index contributed by atoms with van der Waals surface area (Å²) in [4.78, 5) is 38.4. The maximum absolute atomic E-state index is 12.4. The quantitative estimate of drug-likeness (QED) is 0.717. The minimum atomic E-state index is -0.616. The van der Waals surface area contributed by atoms with E-state index in [9.17, 15) is 14.4 Å². The number of aryl methyl sites for hydroxylation is 2. The van der Waals surface area contributed by atoms with Crippen molar-refractivity contribution in [1.29, 1.82) is 0 Å². The fourth-order valence-electron chi connectivity index (χ4n) is 3.14. The predicted octanol–water partition coefficient (Wildman–Crippen LogP) is 4.15. The van der Waals surface area contributed by atoms with E-state index in [4.69, 9.17) is 27.9 Å². The number of nitrogens with zero attached hydrogens (tertiary/aromatic N) is 1. The van der Waals surface area contributed by atoms with Crippen LogP contribution in [0.3, 0.4) is 0 Å². The Labute approximate surface area is 178 Å². The summed E-state index contributed by atoms with van der Waals surface area (Å²) in [7, 11) is 0. The van der Waals surface area contributed by atoms with Crippen LogP contribution in [0.15, 0.2) is 36.4 Å². The molecule has 0 unspecified atom stereocenters. The first-order valence-electron chi connectivity index (χ1n) is 9.03. The minimum absolute atomic E-state index is 0.0524. The van der Waals surface area contributed by atoms with Gasteiger partial charge in [0.05, 0.1) is 16.6 Å². The van der Waals surface area contributed by atoms with Gasteiger partial charge in [0.25, 0.3) is 5.91 Å².